The van der Waals surface area contributed by atoms with Crippen LogP contribution in [0.5, 0.6) is 0 Å². The normalized spacial score (nSPS) is 19.3. The first-order valence-electron chi connectivity index (χ1n) is 14.1. The number of piperidine rings is 1. The van der Waals surface area contributed by atoms with Gasteiger partial charge in [0.1, 0.15) is 6.04 Å². The highest BCUT2D eigenvalue weighted by Gasteiger charge is 2.44. The third-order valence-electron chi connectivity index (χ3n) is 8.20. The molecule has 226 valence electrons. The van der Waals surface area contributed by atoms with Crippen LogP contribution in [0.25, 0.3) is 11.1 Å². The molecule has 2 fully saturated rings. The third-order valence-corrected chi connectivity index (χ3v) is 8.20. The third kappa shape index (κ3) is 5.60. The van der Waals surface area contributed by atoms with E-state index in [2.05, 4.69) is 10.2 Å². The summed E-state index contributed by atoms with van der Waals surface area (Å²) in [5.74, 6) is -2.67. The first-order valence-corrected chi connectivity index (χ1v) is 14.1. The van der Waals surface area contributed by atoms with E-state index >= 15 is 0 Å². The van der Waals surface area contributed by atoms with E-state index < -0.39 is 47.3 Å². The molecule has 3 aromatic rings. The Morgan fingerprint density at radius 3 is 2.25 bits per heavy atom. The number of halogens is 3. The number of rotatable bonds is 5. The van der Waals surface area contributed by atoms with Crippen LogP contribution in [0.3, 0.4) is 0 Å². The van der Waals surface area contributed by atoms with Crippen LogP contribution in [0.4, 0.5) is 13.2 Å². The molecule has 0 bridgehead atoms. The van der Waals surface area contributed by atoms with Crippen molar-refractivity contribution in [3.63, 3.8) is 0 Å². The van der Waals surface area contributed by atoms with E-state index in [1.165, 1.54) is 12.1 Å². The summed E-state index contributed by atoms with van der Waals surface area (Å²) < 4.78 is 39.3. The maximum Gasteiger partial charge on any atom is 0.416 e. The monoisotopic (exact) mass is 604 g/mol. The van der Waals surface area contributed by atoms with Crippen molar-refractivity contribution in [2.45, 2.75) is 31.6 Å². The van der Waals surface area contributed by atoms with Crippen molar-refractivity contribution in [1.82, 2.24) is 20.0 Å². The van der Waals surface area contributed by atoms with Gasteiger partial charge in [0.05, 0.1) is 16.7 Å². The molecule has 12 heteroatoms. The van der Waals surface area contributed by atoms with Crippen molar-refractivity contribution in [2.75, 3.05) is 26.2 Å². The topological polar surface area (TPSA) is 107 Å². The Hall–Kier alpha value is -4.84. The average molecular weight is 605 g/mol. The Labute approximate surface area is 250 Å². The Balaban J connectivity index is 1.11. The molecule has 0 radical (unpaired) electrons. The summed E-state index contributed by atoms with van der Waals surface area (Å²) in [6.45, 7) is 2.41. The largest absolute Gasteiger partial charge is 0.416 e. The zero-order chi connectivity index (χ0) is 31.2. The molecule has 0 aliphatic carbocycles. The van der Waals surface area contributed by atoms with Gasteiger partial charge in [-0.05, 0) is 59.5 Å². The summed E-state index contributed by atoms with van der Waals surface area (Å²) in [6.07, 6.45) is -4.39. The number of nitrogens with one attached hydrogen (secondary N) is 1. The van der Waals surface area contributed by atoms with Crippen LogP contribution >= 0.6 is 0 Å². The first kappa shape index (κ1) is 29.2. The quantitative estimate of drug-likeness (QED) is 0.445. The molecule has 3 aliphatic heterocycles. The van der Waals surface area contributed by atoms with Gasteiger partial charge in [-0.2, -0.15) is 13.2 Å². The number of carbonyl (C=O) groups is 5. The molecular formula is C32H27F3N4O5. The predicted molar refractivity (Wildman–Crippen MR) is 151 cm³/mol. The first-order chi connectivity index (χ1) is 21.0. The number of imide groups is 2. The maximum atomic E-state index is 13.2. The lowest BCUT2D eigenvalue weighted by Gasteiger charge is -2.35. The van der Waals surface area contributed by atoms with Gasteiger partial charge >= 0.3 is 6.18 Å². The SMILES string of the molecule is O=C1CCC(N2C(=O)c3ccc(-c4cccc(CN5CCN(C(=O)c6cccc(C(F)(F)F)c6)CC5)c4)cc3C2=O)C(=O)N1. The zero-order valence-corrected chi connectivity index (χ0v) is 23.4. The molecule has 9 nitrogen and oxygen atoms in total. The van der Waals surface area contributed by atoms with Gasteiger partial charge in [-0.15, -0.1) is 0 Å². The molecule has 0 spiro atoms. The Bertz CT molecular complexity index is 1700. The van der Waals surface area contributed by atoms with E-state index in [9.17, 15) is 37.1 Å². The van der Waals surface area contributed by atoms with E-state index in [4.69, 9.17) is 0 Å². The second-order valence-corrected chi connectivity index (χ2v) is 11.1. The minimum absolute atomic E-state index is 0.00994. The minimum atomic E-state index is -4.52. The second kappa shape index (κ2) is 11.3. The summed E-state index contributed by atoms with van der Waals surface area (Å²) in [6, 6.07) is 16.1. The Morgan fingerprint density at radius 1 is 0.818 bits per heavy atom. The number of carbonyl (C=O) groups excluding carboxylic acids is 5. The van der Waals surface area contributed by atoms with Gasteiger partial charge in [0.2, 0.25) is 11.8 Å². The molecule has 2 saturated heterocycles. The summed E-state index contributed by atoms with van der Waals surface area (Å²) in [5.41, 5.74) is 2.08. The molecule has 3 aromatic carbocycles. The van der Waals surface area contributed by atoms with E-state index in [-0.39, 0.29) is 29.5 Å². The van der Waals surface area contributed by atoms with Gasteiger partial charge in [0.25, 0.3) is 17.7 Å². The summed E-state index contributed by atoms with van der Waals surface area (Å²) in [7, 11) is 0. The smallest absolute Gasteiger partial charge is 0.336 e. The minimum Gasteiger partial charge on any atom is -0.336 e. The number of hydrogen-bond donors (Lipinski definition) is 1. The fourth-order valence-electron chi connectivity index (χ4n) is 5.88. The van der Waals surface area contributed by atoms with Gasteiger partial charge in [-0.3, -0.25) is 39.1 Å². The number of alkyl halides is 3. The molecule has 0 aromatic heterocycles. The second-order valence-electron chi connectivity index (χ2n) is 11.1. The number of piperazine rings is 1. The fraction of sp³-hybridized carbons (Fsp3) is 0.281. The van der Waals surface area contributed by atoms with Gasteiger partial charge in [0.15, 0.2) is 0 Å². The lowest BCUT2D eigenvalue weighted by Crippen LogP contribution is -2.54. The highest BCUT2D eigenvalue weighted by molar-refractivity contribution is 6.23. The number of hydrogen-bond acceptors (Lipinski definition) is 6. The lowest BCUT2D eigenvalue weighted by molar-refractivity contribution is -0.138. The van der Waals surface area contributed by atoms with Crippen LogP contribution in [0, 0.1) is 0 Å². The molecule has 44 heavy (non-hydrogen) atoms. The van der Waals surface area contributed by atoms with E-state index in [1.54, 1.807) is 23.1 Å². The van der Waals surface area contributed by atoms with Crippen LogP contribution in [0.1, 0.15) is 55.0 Å². The van der Waals surface area contributed by atoms with Crippen molar-refractivity contribution >= 4 is 29.5 Å². The highest BCUT2D eigenvalue weighted by Crippen LogP contribution is 2.32. The number of fused-ring (bicyclic) bond motifs is 1. The van der Waals surface area contributed by atoms with Crippen LogP contribution in [0.2, 0.25) is 0 Å². The number of benzene rings is 3. The van der Waals surface area contributed by atoms with E-state index in [0.29, 0.717) is 38.3 Å². The molecule has 1 N–H and O–H groups in total. The van der Waals surface area contributed by atoms with Crippen LogP contribution in [-0.4, -0.2) is 76.5 Å². The molecule has 0 saturated carbocycles. The van der Waals surface area contributed by atoms with Crippen LogP contribution in [-0.2, 0) is 22.3 Å². The Kier molecular flexibility index (Phi) is 7.54. The average Bonchev–Trinajstić information content (AvgIpc) is 3.25. The van der Waals surface area contributed by atoms with Gasteiger partial charge < -0.3 is 4.90 Å². The Morgan fingerprint density at radius 2 is 1.52 bits per heavy atom. The van der Waals surface area contributed by atoms with Crippen molar-refractivity contribution < 1.29 is 37.1 Å². The molecule has 3 aliphatic rings. The summed E-state index contributed by atoms with van der Waals surface area (Å²) in [4.78, 5) is 67.6. The molecule has 3 heterocycles. The lowest BCUT2D eigenvalue weighted by atomic mass is 9.98. The summed E-state index contributed by atoms with van der Waals surface area (Å²) in [5, 5.41) is 2.19. The standard InChI is InChI=1S/C32H27F3N4O5/c33-32(34,35)23-6-2-5-22(16-23)29(42)38-13-11-37(12-14-38)18-19-3-1-4-20(15-19)21-7-8-24-25(17-21)31(44)39(30(24)43)26-9-10-27(40)36-28(26)41/h1-8,15-17,26H,9-14,18H2,(H,36,40,41). The zero-order valence-electron chi connectivity index (χ0n) is 23.4. The predicted octanol–water partition coefficient (Wildman–Crippen LogP) is 3.73. The van der Waals surface area contributed by atoms with Crippen LogP contribution < -0.4 is 5.32 Å². The number of amides is 5. The van der Waals surface area contributed by atoms with E-state index in [0.717, 1.165) is 28.2 Å². The van der Waals surface area contributed by atoms with Gasteiger partial charge in [-0.25, -0.2) is 0 Å². The fourth-order valence-corrected chi connectivity index (χ4v) is 5.88. The van der Waals surface area contributed by atoms with Crippen LogP contribution in [0.15, 0.2) is 66.7 Å². The van der Waals surface area contributed by atoms with Gasteiger partial charge in [-0.1, -0.05) is 30.3 Å². The molecular weight excluding hydrogens is 577 g/mol. The highest BCUT2D eigenvalue weighted by atomic mass is 19.4. The maximum absolute atomic E-state index is 13.2. The molecule has 1 unspecified atom stereocenters. The van der Waals surface area contributed by atoms with Crippen molar-refractivity contribution in [1.29, 1.82) is 0 Å². The molecule has 6 rings (SSSR count). The van der Waals surface area contributed by atoms with E-state index in [1.807, 2.05) is 24.3 Å². The molecule has 1 atom stereocenters. The van der Waals surface area contributed by atoms with Crippen molar-refractivity contribution in [3.8, 4) is 11.1 Å². The number of nitrogens with zero attached hydrogens (tertiary/aromatic N) is 3. The van der Waals surface area contributed by atoms with Crippen molar-refractivity contribution in [3.05, 3.63) is 94.5 Å². The van der Waals surface area contributed by atoms with Gasteiger partial charge in [0, 0.05) is 44.7 Å². The molecule has 5 amide bonds. The van der Waals surface area contributed by atoms with Crippen molar-refractivity contribution in [2.24, 2.45) is 0 Å². The summed E-state index contributed by atoms with van der Waals surface area (Å²) >= 11 is 0.